The molecule has 0 bridgehead atoms. The van der Waals surface area contributed by atoms with Crippen molar-refractivity contribution >= 4 is 0 Å². The van der Waals surface area contributed by atoms with E-state index in [1.807, 2.05) is 23.0 Å². The Balaban J connectivity index is 1.79. The Morgan fingerprint density at radius 1 is 1.12 bits per heavy atom. The second-order valence-corrected chi connectivity index (χ2v) is 5.60. The van der Waals surface area contributed by atoms with Gasteiger partial charge in [-0.2, -0.15) is 0 Å². The molecule has 0 saturated carbocycles. The smallest absolute Gasteiger partial charge is 0.163 e. The third kappa shape index (κ3) is 3.79. The molecule has 0 N–H and O–H groups in total. The summed E-state index contributed by atoms with van der Waals surface area (Å²) in [6.45, 7) is 0.734. The molecule has 1 aromatic carbocycles. The Morgan fingerprint density at radius 3 is 2.64 bits per heavy atom. The lowest BCUT2D eigenvalue weighted by Gasteiger charge is -2.12. The predicted octanol–water partition coefficient (Wildman–Crippen LogP) is 3.73. The van der Waals surface area contributed by atoms with Crippen molar-refractivity contribution in [2.45, 2.75) is 19.4 Å². The van der Waals surface area contributed by atoms with Gasteiger partial charge in [-0.1, -0.05) is 6.07 Å². The van der Waals surface area contributed by atoms with Crippen molar-refractivity contribution in [2.24, 2.45) is 0 Å². The number of nitrogens with zero attached hydrogens (tertiary/aromatic N) is 3. The average molecular weight is 341 g/mol. The lowest BCUT2D eigenvalue weighted by atomic mass is 10.1. The third-order valence-corrected chi connectivity index (χ3v) is 4.02. The molecule has 0 aliphatic carbocycles. The van der Waals surface area contributed by atoms with Gasteiger partial charge in [-0.25, -0.2) is 9.37 Å². The minimum atomic E-state index is -0.391. The predicted molar refractivity (Wildman–Crippen MR) is 93.3 cm³/mol. The van der Waals surface area contributed by atoms with Gasteiger partial charge in [0.05, 0.1) is 19.8 Å². The lowest BCUT2D eigenvalue weighted by Crippen LogP contribution is -2.03. The van der Waals surface area contributed by atoms with Crippen LogP contribution in [0.2, 0.25) is 0 Å². The van der Waals surface area contributed by atoms with Crippen LogP contribution in [0.1, 0.15) is 12.0 Å². The molecule has 3 rings (SSSR count). The van der Waals surface area contributed by atoms with Crippen LogP contribution in [0.4, 0.5) is 4.39 Å². The fourth-order valence-corrected chi connectivity index (χ4v) is 2.76. The number of ether oxygens (including phenoxy) is 2. The van der Waals surface area contributed by atoms with Gasteiger partial charge < -0.3 is 14.0 Å². The number of benzene rings is 1. The number of rotatable bonds is 7. The summed E-state index contributed by atoms with van der Waals surface area (Å²) in [6.07, 6.45) is 8.97. The van der Waals surface area contributed by atoms with E-state index in [1.165, 1.54) is 25.8 Å². The molecule has 0 spiro atoms. The molecular formula is C19H20FN3O2. The van der Waals surface area contributed by atoms with Crippen LogP contribution in [0.5, 0.6) is 11.5 Å². The molecule has 0 aliphatic heterocycles. The van der Waals surface area contributed by atoms with Gasteiger partial charge in [0.15, 0.2) is 11.5 Å². The lowest BCUT2D eigenvalue weighted by molar-refractivity contribution is 0.352. The van der Waals surface area contributed by atoms with Crippen molar-refractivity contribution in [3.8, 4) is 22.9 Å². The minimum Gasteiger partial charge on any atom is -0.493 e. The Kier molecular flexibility index (Phi) is 5.28. The van der Waals surface area contributed by atoms with E-state index in [0.29, 0.717) is 22.9 Å². The van der Waals surface area contributed by atoms with Gasteiger partial charge in [0.1, 0.15) is 11.6 Å². The molecule has 0 radical (unpaired) electrons. The largest absolute Gasteiger partial charge is 0.493 e. The number of pyridine rings is 1. The maximum absolute atomic E-state index is 14.5. The number of halogens is 1. The molecule has 0 saturated heterocycles. The highest BCUT2D eigenvalue weighted by molar-refractivity contribution is 5.62. The first-order valence-corrected chi connectivity index (χ1v) is 8.05. The molecule has 0 aliphatic rings. The number of hydrogen-bond donors (Lipinski definition) is 0. The highest BCUT2D eigenvalue weighted by atomic mass is 19.1. The SMILES string of the molecule is COc1cc(F)c(-c2nccn2CCCc2cccnc2)cc1OC. The van der Waals surface area contributed by atoms with E-state index in [2.05, 4.69) is 16.0 Å². The Labute approximate surface area is 146 Å². The zero-order valence-electron chi connectivity index (χ0n) is 14.3. The summed E-state index contributed by atoms with van der Waals surface area (Å²) >= 11 is 0. The van der Waals surface area contributed by atoms with Crippen LogP contribution in [0.25, 0.3) is 11.4 Å². The van der Waals surface area contributed by atoms with Gasteiger partial charge in [-0.05, 0) is 30.5 Å². The van der Waals surface area contributed by atoms with E-state index in [0.717, 1.165) is 19.4 Å². The highest BCUT2D eigenvalue weighted by Crippen LogP contribution is 2.34. The van der Waals surface area contributed by atoms with Crippen LogP contribution in [-0.4, -0.2) is 28.8 Å². The van der Waals surface area contributed by atoms with E-state index < -0.39 is 5.82 Å². The van der Waals surface area contributed by atoms with Crippen molar-refractivity contribution < 1.29 is 13.9 Å². The summed E-state index contributed by atoms with van der Waals surface area (Å²) in [5, 5.41) is 0. The maximum atomic E-state index is 14.5. The van der Waals surface area contributed by atoms with Gasteiger partial charge in [0.25, 0.3) is 0 Å². The standard InChI is InChI=1S/C19H20FN3O2/c1-24-17-11-15(16(20)12-18(17)25-2)19-22-8-10-23(19)9-4-6-14-5-3-7-21-13-14/h3,5,7-8,10-13H,4,6,9H2,1-2H3. The van der Waals surface area contributed by atoms with Crippen LogP contribution >= 0.6 is 0 Å². The summed E-state index contributed by atoms with van der Waals surface area (Å²) in [6, 6.07) is 6.92. The quantitative estimate of drug-likeness (QED) is 0.657. The number of imidazole rings is 1. The number of aryl methyl sites for hydroxylation is 2. The van der Waals surface area contributed by atoms with Crippen LogP contribution in [-0.2, 0) is 13.0 Å². The first-order valence-electron chi connectivity index (χ1n) is 8.05. The molecule has 3 aromatic rings. The van der Waals surface area contributed by atoms with Crippen LogP contribution in [0.15, 0.2) is 49.1 Å². The molecular weight excluding hydrogens is 321 g/mol. The summed E-state index contributed by atoms with van der Waals surface area (Å²) in [5.74, 6) is 1.02. The summed E-state index contributed by atoms with van der Waals surface area (Å²) in [5.41, 5.74) is 1.57. The zero-order valence-corrected chi connectivity index (χ0v) is 14.3. The molecule has 0 atom stereocenters. The number of hydrogen-bond acceptors (Lipinski definition) is 4. The van der Waals surface area contributed by atoms with Crippen molar-refractivity contribution in [1.82, 2.24) is 14.5 Å². The van der Waals surface area contributed by atoms with Crippen LogP contribution in [0.3, 0.4) is 0 Å². The first-order chi connectivity index (χ1) is 12.2. The fraction of sp³-hybridized carbons (Fsp3) is 0.263. The van der Waals surface area contributed by atoms with Gasteiger partial charge >= 0.3 is 0 Å². The molecule has 25 heavy (non-hydrogen) atoms. The normalized spacial score (nSPS) is 10.7. The van der Waals surface area contributed by atoms with E-state index in [9.17, 15) is 4.39 Å². The average Bonchev–Trinajstić information content (AvgIpc) is 3.10. The first kappa shape index (κ1) is 17.0. The zero-order chi connectivity index (χ0) is 17.6. The second kappa shape index (κ2) is 7.79. The maximum Gasteiger partial charge on any atom is 0.163 e. The van der Waals surface area contributed by atoms with Crippen molar-refractivity contribution in [3.63, 3.8) is 0 Å². The Hall–Kier alpha value is -2.89. The van der Waals surface area contributed by atoms with E-state index in [4.69, 9.17) is 9.47 Å². The minimum absolute atomic E-state index is 0.360. The highest BCUT2D eigenvalue weighted by Gasteiger charge is 2.16. The molecule has 0 unspecified atom stereocenters. The molecule has 5 nitrogen and oxygen atoms in total. The summed E-state index contributed by atoms with van der Waals surface area (Å²) in [4.78, 5) is 8.44. The Morgan fingerprint density at radius 2 is 1.92 bits per heavy atom. The molecule has 130 valence electrons. The van der Waals surface area contributed by atoms with Gasteiger partial charge in [-0.15, -0.1) is 0 Å². The van der Waals surface area contributed by atoms with Crippen molar-refractivity contribution in [2.75, 3.05) is 14.2 Å². The van der Waals surface area contributed by atoms with E-state index >= 15 is 0 Å². The molecule has 2 aromatic heterocycles. The number of methoxy groups -OCH3 is 2. The number of aromatic nitrogens is 3. The van der Waals surface area contributed by atoms with E-state index in [1.54, 1.807) is 18.5 Å². The van der Waals surface area contributed by atoms with Gasteiger partial charge in [0.2, 0.25) is 0 Å². The molecule has 2 heterocycles. The summed E-state index contributed by atoms with van der Waals surface area (Å²) < 4.78 is 26.8. The summed E-state index contributed by atoms with van der Waals surface area (Å²) in [7, 11) is 3.01. The van der Waals surface area contributed by atoms with Crippen LogP contribution < -0.4 is 9.47 Å². The molecule has 0 amide bonds. The topological polar surface area (TPSA) is 49.2 Å². The molecule has 0 fully saturated rings. The van der Waals surface area contributed by atoms with Crippen molar-refractivity contribution in [3.05, 3.63) is 60.4 Å². The van der Waals surface area contributed by atoms with Gasteiger partial charge in [-0.3, -0.25) is 4.98 Å². The van der Waals surface area contributed by atoms with Crippen LogP contribution in [0, 0.1) is 5.82 Å². The monoisotopic (exact) mass is 341 g/mol. The van der Waals surface area contributed by atoms with E-state index in [-0.39, 0.29) is 0 Å². The fourth-order valence-electron chi connectivity index (χ4n) is 2.76. The third-order valence-electron chi connectivity index (χ3n) is 4.02. The van der Waals surface area contributed by atoms with Crippen molar-refractivity contribution in [1.29, 1.82) is 0 Å². The Bertz CT molecular complexity index is 834. The second-order valence-electron chi connectivity index (χ2n) is 5.60. The molecule has 6 heteroatoms. The van der Waals surface area contributed by atoms with Gasteiger partial charge in [0, 0.05) is 37.4 Å².